The first-order valence-corrected chi connectivity index (χ1v) is 12.2. The summed E-state index contributed by atoms with van der Waals surface area (Å²) in [5, 5.41) is 1.71. The van der Waals surface area contributed by atoms with Gasteiger partial charge < -0.3 is 10.2 Å². The molecule has 1 N–H and O–H groups in total. The largest absolute Gasteiger partial charge is 0.326 e. The average Bonchev–Trinajstić information content (AvgIpc) is 2.71. The number of carbonyl (C=O) groups is 2. The molecule has 0 aliphatic heterocycles. The summed E-state index contributed by atoms with van der Waals surface area (Å²) in [6.07, 6.45) is 0.232. The third-order valence-electron chi connectivity index (χ3n) is 5.31. The number of hydrogen-bond donors (Lipinski definition) is 1. The van der Waals surface area contributed by atoms with Gasteiger partial charge in [0, 0.05) is 24.3 Å². The molecule has 0 saturated carbocycles. The van der Waals surface area contributed by atoms with Crippen LogP contribution in [0.15, 0.2) is 42.5 Å². The molecule has 0 heterocycles. The van der Waals surface area contributed by atoms with E-state index < -0.39 is 21.0 Å². The van der Waals surface area contributed by atoms with E-state index in [0.29, 0.717) is 12.2 Å². The number of nitrogens with zero attached hydrogens (tertiary/aromatic N) is 1. The van der Waals surface area contributed by atoms with Crippen LogP contribution >= 0.6 is 0 Å². The summed E-state index contributed by atoms with van der Waals surface area (Å²) in [7, 11) is -3.68. The monoisotopic (exact) mass is 444 g/mol. The Morgan fingerprint density at radius 2 is 1.61 bits per heavy atom. The second kappa shape index (κ2) is 10.6. The molecule has 0 aliphatic rings. The molecule has 2 amide bonds. The van der Waals surface area contributed by atoms with Crippen molar-refractivity contribution in [2.75, 3.05) is 22.5 Å². The van der Waals surface area contributed by atoms with E-state index in [-0.39, 0.29) is 24.5 Å². The van der Waals surface area contributed by atoms with E-state index in [0.717, 1.165) is 22.4 Å². The highest BCUT2D eigenvalue weighted by atomic mass is 32.2. The van der Waals surface area contributed by atoms with Crippen LogP contribution in [-0.2, 0) is 19.4 Å². The van der Waals surface area contributed by atoms with E-state index in [1.807, 2.05) is 45.9 Å². The van der Waals surface area contributed by atoms with Gasteiger partial charge in [-0.2, -0.15) is 0 Å². The van der Waals surface area contributed by atoms with Gasteiger partial charge in [0.25, 0.3) is 0 Å². The predicted octanol–water partition coefficient (Wildman–Crippen LogP) is 4.19. The van der Waals surface area contributed by atoms with Crippen LogP contribution in [0.25, 0.3) is 0 Å². The molecular formula is C24H32N2O4S. The minimum Gasteiger partial charge on any atom is -0.326 e. The maximum absolute atomic E-state index is 12.8. The van der Waals surface area contributed by atoms with Crippen molar-refractivity contribution in [1.29, 1.82) is 0 Å². The summed E-state index contributed by atoms with van der Waals surface area (Å²) in [5.41, 5.74) is 4.50. The second-order valence-electron chi connectivity index (χ2n) is 7.85. The molecule has 0 radical (unpaired) electrons. The molecule has 0 saturated heterocycles. The number of anilines is 2. The summed E-state index contributed by atoms with van der Waals surface area (Å²) >= 11 is 0. The lowest BCUT2D eigenvalue weighted by Gasteiger charge is -2.24. The van der Waals surface area contributed by atoms with Gasteiger partial charge in [-0.15, -0.1) is 0 Å². The third kappa shape index (κ3) is 6.40. The van der Waals surface area contributed by atoms with Crippen LogP contribution in [0.4, 0.5) is 11.4 Å². The number of benzene rings is 2. The first-order valence-electron chi connectivity index (χ1n) is 10.5. The Morgan fingerprint density at radius 1 is 1.03 bits per heavy atom. The molecule has 2 rings (SSSR count). The highest BCUT2D eigenvalue weighted by molar-refractivity contribution is 7.92. The van der Waals surface area contributed by atoms with E-state index in [2.05, 4.69) is 5.32 Å². The Morgan fingerprint density at radius 3 is 2.16 bits per heavy atom. The summed E-state index contributed by atoms with van der Waals surface area (Å²) in [6, 6.07) is 13.0. The number of rotatable bonds is 9. The molecular weight excluding hydrogens is 412 g/mol. The number of sulfone groups is 1. The van der Waals surface area contributed by atoms with Crippen LogP contribution in [0.3, 0.4) is 0 Å². The summed E-state index contributed by atoms with van der Waals surface area (Å²) in [4.78, 5) is 26.6. The smallest absolute Gasteiger partial charge is 0.245 e. The average molecular weight is 445 g/mol. The Balaban J connectivity index is 1.96. The SMILES string of the molecule is CCN(C(=O)C(C)S(=O)(=O)CCCC(=O)Nc1c(C)cc(C)cc1C)c1ccccc1. The molecule has 0 aromatic heterocycles. The Labute approximate surface area is 185 Å². The van der Waals surface area contributed by atoms with E-state index in [1.165, 1.54) is 11.8 Å². The van der Waals surface area contributed by atoms with Crippen molar-refractivity contribution in [3.05, 3.63) is 59.2 Å². The van der Waals surface area contributed by atoms with Crippen LogP contribution in [0, 0.1) is 20.8 Å². The van der Waals surface area contributed by atoms with Crippen LogP contribution in [0.2, 0.25) is 0 Å². The molecule has 2 aromatic rings. The minimum atomic E-state index is -3.68. The first kappa shape index (κ1) is 24.6. The molecule has 0 aliphatic carbocycles. The van der Waals surface area contributed by atoms with Gasteiger partial charge in [0.1, 0.15) is 5.25 Å². The summed E-state index contributed by atoms with van der Waals surface area (Å²) in [6.45, 7) is 9.46. The summed E-state index contributed by atoms with van der Waals surface area (Å²) < 4.78 is 25.5. The fourth-order valence-electron chi connectivity index (χ4n) is 3.64. The minimum absolute atomic E-state index is 0.0725. The number of para-hydroxylation sites is 1. The van der Waals surface area contributed by atoms with Crippen LogP contribution in [-0.4, -0.2) is 37.8 Å². The van der Waals surface area contributed by atoms with Crippen molar-refractivity contribution >= 4 is 33.0 Å². The lowest BCUT2D eigenvalue weighted by molar-refractivity contribution is -0.118. The van der Waals surface area contributed by atoms with E-state index in [4.69, 9.17) is 0 Å². The highest BCUT2D eigenvalue weighted by Crippen LogP contribution is 2.22. The molecule has 1 atom stereocenters. The lowest BCUT2D eigenvalue weighted by Crippen LogP contribution is -2.42. The van der Waals surface area contributed by atoms with E-state index in [1.54, 1.807) is 24.3 Å². The normalized spacial score (nSPS) is 12.3. The first-order chi connectivity index (χ1) is 14.6. The number of amides is 2. The molecule has 2 aromatic carbocycles. The zero-order valence-electron chi connectivity index (χ0n) is 18.9. The van der Waals surface area contributed by atoms with Gasteiger partial charge in [-0.25, -0.2) is 8.42 Å². The van der Waals surface area contributed by atoms with Gasteiger partial charge >= 0.3 is 0 Å². The van der Waals surface area contributed by atoms with Crippen molar-refractivity contribution in [2.45, 2.75) is 52.7 Å². The standard InChI is InChI=1S/C24H32N2O4S/c1-6-26(21-11-8-7-9-12-21)24(28)20(5)31(29,30)14-10-13-22(27)25-23-18(3)15-17(2)16-19(23)4/h7-9,11-12,15-16,20H,6,10,13-14H2,1-5H3,(H,25,27). The maximum atomic E-state index is 12.8. The summed E-state index contributed by atoms with van der Waals surface area (Å²) in [5.74, 6) is -0.904. The molecule has 0 spiro atoms. The zero-order chi connectivity index (χ0) is 23.2. The van der Waals surface area contributed by atoms with Crippen LogP contribution in [0.1, 0.15) is 43.4 Å². The lowest BCUT2D eigenvalue weighted by atomic mass is 10.0. The highest BCUT2D eigenvalue weighted by Gasteiger charge is 2.31. The number of nitrogens with one attached hydrogen (secondary N) is 1. The van der Waals surface area contributed by atoms with Gasteiger partial charge in [-0.1, -0.05) is 35.9 Å². The fraction of sp³-hybridized carbons (Fsp3) is 0.417. The van der Waals surface area contributed by atoms with Crippen molar-refractivity contribution in [2.24, 2.45) is 0 Å². The molecule has 31 heavy (non-hydrogen) atoms. The molecule has 0 bridgehead atoms. The predicted molar refractivity (Wildman–Crippen MR) is 126 cm³/mol. The van der Waals surface area contributed by atoms with Crippen LogP contribution in [0.5, 0.6) is 0 Å². The molecule has 168 valence electrons. The van der Waals surface area contributed by atoms with Gasteiger partial charge in [0.05, 0.1) is 5.75 Å². The van der Waals surface area contributed by atoms with Crippen molar-refractivity contribution in [3.8, 4) is 0 Å². The van der Waals surface area contributed by atoms with Crippen molar-refractivity contribution < 1.29 is 18.0 Å². The molecule has 0 fully saturated rings. The topological polar surface area (TPSA) is 83.6 Å². The Hall–Kier alpha value is -2.67. The van der Waals surface area contributed by atoms with Gasteiger partial charge in [-0.05, 0) is 64.3 Å². The van der Waals surface area contributed by atoms with Gasteiger partial charge in [-0.3, -0.25) is 9.59 Å². The maximum Gasteiger partial charge on any atom is 0.245 e. The van der Waals surface area contributed by atoms with E-state index >= 15 is 0 Å². The number of hydrogen-bond acceptors (Lipinski definition) is 4. The van der Waals surface area contributed by atoms with E-state index in [9.17, 15) is 18.0 Å². The fourth-order valence-corrected chi connectivity index (χ4v) is 4.97. The van der Waals surface area contributed by atoms with Gasteiger partial charge in [0.15, 0.2) is 9.84 Å². The quantitative estimate of drug-likeness (QED) is 0.629. The molecule has 1 unspecified atom stereocenters. The van der Waals surface area contributed by atoms with Crippen molar-refractivity contribution in [3.63, 3.8) is 0 Å². The molecule has 7 heteroatoms. The van der Waals surface area contributed by atoms with Crippen molar-refractivity contribution in [1.82, 2.24) is 0 Å². The Kier molecular flexibility index (Phi) is 8.39. The van der Waals surface area contributed by atoms with Crippen LogP contribution < -0.4 is 10.2 Å². The third-order valence-corrected chi connectivity index (χ3v) is 7.45. The second-order valence-corrected chi connectivity index (χ2v) is 10.3. The number of carbonyl (C=O) groups excluding carboxylic acids is 2. The zero-order valence-corrected chi connectivity index (χ0v) is 19.8. The Bertz CT molecular complexity index is 1010. The number of aryl methyl sites for hydroxylation is 3. The molecule has 6 nitrogen and oxygen atoms in total. The van der Waals surface area contributed by atoms with Gasteiger partial charge in [0.2, 0.25) is 11.8 Å².